The number of nitrogens with one attached hydrogen (secondary N) is 1. The molecule has 0 unspecified atom stereocenters. The van der Waals surface area contributed by atoms with Gasteiger partial charge >= 0.3 is 6.18 Å². The molecule has 0 amide bonds. The fourth-order valence-corrected chi connectivity index (χ4v) is 3.03. The van der Waals surface area contributed by atoms with Gasteiger partial charge in [0.25, 0.3) is 0 Å². The monoisotopic (exact) mass is 335 g/mol. The lowest BCUT2D eigenvalue weighted by atomic mass is 9.97. The second-order valence-corrected chi connectivity index (χ2v) is 6.20. The predicted molar refractivity (Wildman–Crippen MR) is 81.0 cm³/mol. The molecular weight excluding hydrogens is 315 g/mol. The van der Waals surface area contributed by atoms with Crippen LogP contribution in [0.2, 0.25) is 5.15 Å². The zero-order valence-corrected chi connectivity index (χ0v) is 13.2. The number of hydrogen-bond donors (Lipinski definition) is 1. The quantitative estimate of drug-likeness (QED) is 0.760. The Kier molecular flexibility index (Phi) is 6.29. The lowest BCUT2D eigenvalue weighted by molar-refractivity contribution is -0.137. The van der Waals surface area contributed by atoms with Crippen molar-refractivity contribution in [3.63, 3.8) is 0 Å². The molecule has 1 aliphatic carbocycles. The first kappa shape index (κ1) is 17.3. The van der Waals surface area contributed by atoms with Crippen LogP contribution < -0.4 is 5.32 Å². The summed E-state index contributed by atoms with van der Waals surface area (Å²) in [5.74, 6) is 0.681. The molecule has 0 spiro atoms. The van der Waals surface area contributed by atoms with Gasteiger partial charge in [0.15, 0.2) is 0 Å². The highest BCUT2D eigenvalue weighted by atomic mass is 35.5. The number of rotatable bonds is 3. The maximum Gasteiger partial charge on any atom is 0.420 e. The second-order valence-electron chi connectivity index (χ2n) is 5.84. The van der Waals surface area contributed by atoms with Crippen molar-refractivity contribution >= 4 is 17.5 Å². The summed E-state index contributed by atoms with van der Waals surface area (Å²) in [6.07, 6.45) is 6.05. The standard InChI is InChI=1S/C15H21ClF3N3/c16-13-12(15(17,18)19)10-21-14(22-13)20-9-11-7-5-3-1-2-4-6-8-11/h10-11H,1-9H2,(H,20,21,22). The Hall–Kier alpha value is -1.04. The lowest BCUT2D eigenvalue weighted by Gasteiger charge is -2.17. The van der Waals surface area contributed by atoms with E-state index in [1.54, 1.807) is 0 Å². The van der Waals surface area contributed by atoms with E-state index in [1.165, 1.54) is 38.5 Å². The molecule has 0 radical (unpaired) electrons. The van der Waals surface area contributed by atoms with Gasteiger partial charge in [-0.3, -0.25) is 0 Å². The smallest absolute Gasteiger partial charge is 0.354 e. The number of aromatic nitrogens is 2. The molecule has 0 bridgehead atoms. The summed E-state index contributed by atoms with van der Waals surface area (Å²) in [7, 11) is 0. The summed E-state index contributed by atoms with van der Waals surface area (Å²) >= 11 is 5.59. The molecule has 3 nitrogen and oxygen atoms in total. The van der Waals surface area contributed by atoms with Gasteiger partial charge in [-0.2, -0.15) is 13.2 Å². The van der Waals surface area contributed by atoms with Crippen molar-refractivity contribution < 1.29 is 13.2 Å². The van der Waals surface area contributed by atoms with E-state index < -0.39 is 16.9 Å². The van der Waals surface area contributed by atoms with Crippen LogP contribution in [-0.2, 0) is 6.18 Å². The second kappa shape index (κ2) is 7.99. The highest BCUT2D eigenvalue weighted by Crippen LogP contribution is 2.33. The Morgan fingerprint density at radius 1 is 1.09 bits per heavy atom. The maximum absolute atomic E-state index is 12.6. The maximum atomic E-state index is 12.6. The molecule has 22 heavy (non-hydrogen) atoms. The van der Waals surface area contributed by atoms with Crippen molar-refractivity contribution in [3.05, 3.63) is 16.9 Å². The van der Waals surface area contributed by atoms with E-state index in [-0.39, 0.29) is 5.95 Å². The molecule has 2 rings (SSSR count). The third-order valence-electron chi connectivity index (χ3n) is 4.07. The number of alkyl halides is 3. The summed E-state index contributed by atoms with van der Waals surface area (Å²) in [5, 5.41) is 2.47. The van der Waals surface area contributed by atoms with Gasteiger partial charge in [0.05, 0.1) is 0 Å². The minimum absolute atomic E-state index is 0.165. The largest absolute Gasteiger partial charge is 0.420 e. The van der Waals surface area contributed by atoms with Crippen LogP contribution in [0, 0.1) is 5.92 Å². The number of hydrogen-bond acceptors (Lipinski definition) is 3. The van der Waals surface area contributed by atoms with Crippen LogP contribution in [0.3, 0.4) is 0 Å². The SMILES string of the molecule is FC(F)(F)c1cnc(NCC2CCCCCCCC2)nc1Cl. The van der Waals surface area contributed by atoms with E-state index >= 15 is 0 Å². The first-order valence-electron chi connectivity index (χ1n) is 7.80. The van der Waals surface area contributed by atoms with Gasteiger partial charge in [0.2, 0.25) is 5.95 Å². The van der Waals surface area contributed by atoms with E-state index in [2.05, 4.69) is 15.3 Å². The lowest BCUT2D eigenvalue weighted by Crippen LogP contribution is -2.17. The molecule has 1 fully saturated rings. The van der Waals surface area contributed by atoms with Crippen molar-refractivity contribution in [1.82, 2.24) is 9.97 Å². The van der Waals surface area contributed by atoms with Crippen LogP contribution in [0.5, 0.6) is 0 Å². The fourth-order valence-electron chi connectivity index (χ4n) is 2.79. The van der Waals surface area contributed by atoms with E-state index in [9.17, 15) is 13.2 Å². The molecule has 7 heteroatoms. The van der Waals surface area contributed by atoms with Crippen molar-refractivity contribution in [2.45, 2.75) is 57.5 Å². The molecule has 1 aliphatic rings. The Morgan fingerprint density at radius 3 is 2.23 bits per heavy atom. The molecule has 0 aromatic carbocycles. The van der Waals surface area contributed by atoms with Gasteiger partial charge in [-0.05, 0) is 18.8 Å². The third kappa shape index (κ3) is 5.30. The van der Waals surface area contributed by atoms with Gasteiger partial charge in [-0.15, -0.1) is 0 Å². The molecular formula is C15H21ClF3N3. The first-order chi connectivity index (χ1) is 10.5. The molecule has 1 heterocycles. The fraction of sp³-hybridized carbons (Fsp3) is 0.733. The molecule has 1 aromatic rings. The third-order valence-corrected chi connectivity index (χ3v) is 4.36. The van der Waals surface area contributed by atoms with Gasteiger partial charge in [-0.25, -0.2) is 9.97 Å². The molecule has 0 aliphatic heterocycles. The Balaban J connectivity index is 1.91. The van der Waals surface area contributed by atoms with Gasteiger partial charge in [-0.1, -0.05) is 50.1 Å². The highest BCUT2D eigenvalue weighted by molar-refractivity contribution is 6.30. The van der Waals surface area contributed by atoms with Crippen LogP contribution in [0.25, 0.3) is 0 Å². The molecule has 1 N–H and O–H groups in total. The zero-order chi connectivity index (χ0) is 16.0. The summed E-state index contributed by atoms with van der Waals surface area (Å²) in [4.78, 5) is 7.43. The summed E-state index contributed by atoms with van der Waals surface area (Å²) in [5.41, 5.74) is -0.998. The number of anilines is 1. The summed E-state index contributed by atoms with van der Waals surface area (Å²) < 4.78 is 37.8. The molecule has 1 saturated carbocycles. The van der Waals surface area contributed by atoms with Crippen molar-refractivity contribution in [3.8, 4) is 0 Å². The van der Waals surface area contributed by atoms with Crippen LogP contribution in [0.15, 0.2) is 6.20 Å². The minimum atomic E-state index is -4.52. The van der Waals surface area contributed by atoms with Gasteiger partial charge in [0.1, 0.15) is 10.7 Å². The van der Waals surface area contributed by atoms with Crippen LogP contribution in [0.4, 0.5) is 19.1 Å². The predicted octanol–water partition coefficient (Wildman–Crippen LogP) is 5.31. The van der Waals surface area contributed by atoms with Crippen LogP contribution >= 0.6 is 11.6 Å². The van der Waals surface area contributed by atoms with E-state index in [4.69, 9.17) is 11.6 Å². The Bertz CT molecular complexity index is 470. The Morgan fingerprint density at radius 2 is 1.68 bits per heavy atom. The summed E-state index contributed by atoms with van der Waals surface area (Å²) in [6.45, 7) is 0.682. The topological polar surface area (TPSA) is 37.8 Å². The number of nitrogens with zero attached hydrogens (tertiary/aromatic N) is 2. The van der Waals surface area contributed by atoms with Gasteiger partial charge < -0.3 is 5.32 Å². The van der Waals surface area contributed by atoms with Crippen LogP contribution in [-0.4, -0.2) is 16.5 Å². The van der Waals surface area contributed by atoms with Crippen LogP contribution in [0.1, 0.15) is 56.9 Å². The van der Waals surface area contributed by atoms with E-state index in [1.807, 2.05) is 0 Å². The first-order valence-corrected chi connectivity index (χ1v) is 8.18. The average molecular weight is 336 g/mol. The number of halogens is 4. The Labute approximate surface area is 133 Å². The molecule has 1 aromatic heterocycles. The molecule has 124 valence electrons. The van der Waals surface area contributed by atoms with E-state index in [0.717, 1.165) is 19.0 Å². The van der Waals surface area contributed by atoms with Crippen molar-refractivity contribution in [1.29, 1.82) is 0 Å². The highest BCUT2D eigenvalue weighted by Gasteiger charge is 2.34. The normalized spacial score (nSPS) is 18.4. The molecule has 0 saturated heterocycles. The minimum Gasteiger partial charge on any atom is -0.354 e. The molecule has 0 atom stereocenters. The zero-order valence-electron chi connectivity index (χ0n) is 12.4. The average Bonchev–Trinajstić information content (AvgIpc) is 2.57. The van der Waals surface area contributed by atoms with Crippen molar-refractivity contribution in [2.75, 3.05) is 11.9 Å². The van der Waals surface area contributed by atoms with Gasteiger partial charge in [0, 0.05) is 12.7 Å². The van der Waals surface area contributed by atoms with E-state index in [0.29, 0.717) is 12.5 Å². The summed E-state index contributed by atoms with van der Waals surface area (Å²) in [6, 6.07) is 0. The van der Waals surface area contributed by atoms with Crippen molar-refractivity contribution in [2.24, 2.45) is 5.92 Å².